The molecule has 160 valence electrons. The predicted octanol–water partition coefficient (Wildman–Crippen LogP) is 4.51. The number of nitrogens with zero attached hydrogens (tertiary/aromatic N) is 2. The number of anilines is 1. The normalized spacial score (nSPS) is 11.9. The number of aromatic amines is 1. The highest BCUT2D eigenvalue weighted by molar-refractivity contribution is 7.17. The Morgan fingerprint density at radius 3 is 2.80 bits per heavy atom. The Kier molecular flexibility index (Phi) is 6.79. The number of nitrogens with one attached hydrogen (secondary N) is 2. The van der Waals surface area contributed by atoms with Gasteiger partial charge in [0, 0.05) is 5.69 Å². The van der Waals surface area contributed by atoms with Gasteiger partial charge in [0.2, 0.25) is 5.91 Å². The summed E-state index contributed by atoms with van der Waals surface area (Å²) >= 11 is 6.90. The second-order valence-corrected chi connectivity index (χ2v) is 7.92. The fraction of sp³-hybridized carbons (Fsp3) is 0.316. The molecule has 2 heterocycles. The van der Waals surface area contributed by atoms with E-state index in [4.69, 9.17) is 11.6 Å². The predicted molar refractivity (Wildman–Crippen MR) is 111 cm³/mol. The molecule has 0 aliphatic carbocycles. The Labute approximate surface area is 178 Å². The largest absolute Gasteiger partial charge is 0.417 e. The number of hydrogen-bond acceptors (Lipinski definition) is 5. The Hall–Kier alpha value is -2.43. The van der Waals surface area contributed by atoms with Gasteiger partial charge in [0.15, 0.2) is 0 Å². The number of carbonyl (C=O) groups excluding carboxylic acids is 1. The van der Waals surface area contributed by atoms with E-state index in [1.54, 1.807) is 16.3 Å². The number of halogens is 4. The van der Waals surface area contributed by atoms with Gasteiger partial charge in [0.25, 0.3) is 5.56 Å². The van der Waals surface area contributed by atoms with Crippen LogP contribution in [0.1, 0.15) is 24.7 Å². The number of aromatic nitrogens is 2. The topological polar surface area (TPSA) is 78.1 Å². The van der Waals surface area contributed by atoms with Gasteiger partial charge in [0.05, 0.1) is 29.2 Å². The fourth-order valence-corrected chi connectivity index (χ4v) is 3.91. The number of thiophene rings is 1. The molecule has 0 aliphatic rings. The first-order valence-electron chi connectivity index (χ1n) is 9.02. The highest BCUT2D eigenvalue weighted by Crippen LogP contribution is 2.36. The summed E-state index contributed by atoms with van der Waals surface area (Å²) in [6, 6.07) is 4.94. The maximum absolute atomic E-state index is 13.0. The molecule has 0 bridgehead atoms. The Morgan fingerprint density at radius 1 is 1.33 bits per heavy atom. The monoisotopic (exact) mass is 458 g/mol. The van der Waals surface area contributed by atoms with Crippen molar-refractivity contribution >= 4 is 44.7 Å². The van der Waals surface area contributed by atoms with E-state index >= 15 is 0 Å². The van der Waals surface area contributed by atoms with E-state index in [1.807, 2.05) is 6.92 Å². The molecule has 30 heavy (non-hydrogen) atoms. The maximum atomic E-state index is 13.0. The number of benzene rings is 1. The lowest BCUT2D eigenvalue weighted by Gasteiger charge is -2.20. The second-order valence-electron chi connectivity index (χ2n) is 6.60. The van der Waals surface area contributed by atoms with Crippen molar-refractivity contribution in [3.63, 3.8) is 0 Å². The average molecular weight is 459 g/mol. The lowest BCUT2D eigenvalue weighted by Crippen LogP contribution is -2.34. The van der Waals surface area contributed by atoms with E-state index in [0.717, 1.165) is 18.6 Å². The van der Waals surface area contributed by atoms with Crippen molar-refractivity contribution in [3.05, 3.63) is 56.4 Å². The molecule has 0 saturated carbocycles. The maximum Gasteiger partial charge on any atom is 0.417 e. The summed E-state index contributed by atoms with van der Waals surface area (Å²) in [6.07, 6.45) is -3.89. The molecule has 3 rings (SSSR count). The summed E-state index contributed by atoms with van der Waals surface area (Å²) in [5.41, 5.74) is -0.676. The lowest BCUT2D eigenvalue weighted by molar-refractivity contribution is -0.137. The molecule has 0 radical (unpaired) electrons. The molecule has 0 aliphatic heterocycles. The molecule has 0 atom stereocenters. The van der Waals surface area contributed by atoms with E-state index < -0.39 is 22.7 Å². The molecule has 2 aromatic heterocycles. The number of amides is 1. The Bertz CT molecular complexity index is 1110. The summed E-state index contributed by atoms with van der Waals surface area (Å²) in [6.45, 7) is 2.60. The molecular formula is C19H18ClF3N4O2S. The minimum atomic E-state index is -4.62. The van der Waals surface area contributed by atoms with Crippen LogP contribution in [-0.2, 0) is 17.5 Å². The van der Waals surface area contributed by atoms with E-state index in [1.165, 1.54) is 17.4 Å². The van der Waals surface area contributed by atoms with E-state index in [9.17, 15) is 22.8 Å². The van der Waals surface area contributed by atoms with Gasteiger partial charge < -0.3 is 10.3 Å². The van der Waals surface area contributed by atoms with Crippen LogP contribution >= 0.6 is 22.9 Å². The van der Waals surface area contributed by atoms with Crippen molar-refractivity contribution in [3.8, 4) is 0 Å². The van der Waals surface area contributed by atoms with Gasteiger partial charge in [-0.05, 0) is 42.6 Å². The van der Waals surface area contributed by atoms with Crippen molar-refractivity contribution in [1.29, 1.82) is 0 Å². The highest BCUT2D eigenvalue weighted by Gasteiger charge is 2.33. The van der Waals surface area contributed by atoms with Crippen LogP contribution in [0.15, 0.2) is 34.4 Å². The van der Waals surface area contributed by atoms with Gasteiger partial charge in [-0.1, -0.05) is 18.5 Å². The first-order valence-corrected chi connectivity index (χ1v) is 10.3. The van der Waals surface area contributed by atoms with Crippen LogP contribution in [0.3, 0.4) is 0 Å². The van der Waals surface area contributed by atoms with Crippen molar-refractivity contribution < 1.29 is 18.0 Å². The summed E-state index contributed by atoms with van der Waals surface area (Å²) in [4.78, 5) is 33.4. The minimum Gasteiger partial charge on any atom is -0.325 e. The van der Waals surface area contributed by atoms with Crippen molar-refractivity contribution in [1.82, 2.24) is 14.9 Å². The average Bonchev–Trinajstić information content (AvgIpc) is 3.11. The smallest absolute Gasteiger partial charge is 0.325 e. The molecule has 11 heteroatoms. The summed E-state index contributed by atoms with van der Waals surface area (Å²) in [5, 5.41) is 3.80. The third kappa shape index (κ3) is 5.38. The van der Waals surface area contributed by atoms with Crippen LogP contribution in [0.25, 0.3) is 10.2 Å². The molecule has 2 N–H and O–H groups in total. The number of rotatable bonds is 7. The van der Waals surface area contributed by atoms with E-state index in [0.29, 0.717) is 22.6 Å². The van der Waals surface area contributed by atoms with Crippen LogP contribution in [0, 0.1) is 0 Å². The zero-order valence-electron chi connectivity index (χ0n) is 15.8. The van der Waals surface area contributed by atoms with Crippen molar-refractivity contribution in [2.75, 3.05) is 18.4 Å². The number of hydrogen-bond donors (Lipinski definition) is 2. The molecular weight excluding hydrogens is 441 g/mol. The van der Waals surface area contributed by atoms with Gasteiger partial charge in [-0.15, -0.1) is 11.3 Å². The first-order chi connectivity index (χ1) is 14.2. The molecule has 0 spiro atoms. The molecule has 1 aromatic carbocycles. The van der Waals surface area contributed by atoms with Crippen LogP contribution in [0.2, 0.25) is 5.02 Å². The molecule has 0 unspecified atom stereocenters. The van der Waals surface area contributed by atoms with Gasteiger partial charge in [-0.2, -0.15) is 13.2 Å². The Morgan fingerprint density at radius 2 is 2.10 bits per heavy atom. The first kappa shape index (κ1) is 22.3. The number of H-pyrrole nitrogens is 1. The number of fused-ring (bicyclic) bond motifs is 1. The fourth-order valence-electron chi connectivity index (χ4n) is 2.96. The molecule has 6 nitrogen and oxygen atoms in total. The van der Waals surface area contributed by atoms with Crippen LogP contribution in [-0.4, -0.2) is 33.9 Å². The van der Waals surface area contributed by atoms with Gasteiger partial charge in [-0.25, -0.2) is 4.98 Å². The minimum absolute atomic E-state index is 0.000557. The molecule has 3 aromatic rings. The van der Waals surface area contributed by atoms with Crippen LogP contribution < -0.4 is 10.9 Å². The summed E-state index contributed by atoms with van der Waals surface area (Å²) in [5.74, 6) is -0.0733. The second kappa shape index (κ2) is 9.15. The van der Waals surface area contributed by atoms with Crippen LogP contribution in [0.4, 0.5) is 18.9 Å². The Balaban J connectivity index is 1.71. The molecule has 0 fully saturated rings. The van der Waals surface area contributed by atoms with Gasteiger partial charge >= 0.3 is 6.18 Å². The van der Waals surface area contributed by atoms with Gasteiger partial charge in [-0.3, -0.25) is 14.5 Å². The molecule has 1 amide bonds. The quantitative estimate of drug-likeness (QED) is 0.546. The summed E-state index contributed by atoms with van der Waals surface area (Å²) in [7, 11) is 0. The lowest BCUT2D eigenvalue weighted by atomic mass is 10.2. The van der Waals surface area contributed by atoms with E-state index in [2.05, 4.69) is 15.3 Å². The third-order valence-corrected chi connectivity index (χ3v) is 5.43. The summed E-state index contributed by atoms with van der Waals surface area (Å²) < 4.78 is 39.5. The SMILES string of the molecule is CCCN(CC(=O)Nc1ccc(Cl)c(C(F)(F)F)c1)Cc1nc2ccsc2c(=O)[nH]1. The van der Waals surface area contributed by atoms with Crippen molar-refractivity contribution in [2.45, 2.75) is 26.1 Å². The van der Waals surface area contributed by atoms with Gasteiger partial charge in [0.1, 0.15) is 10.5 Å². The third-order valence-electron chi connectivity index (χ3n) is 4.20. The van der Waals surface area contributed by atoms with Crippen molar-refractivity contribution in [2.24, 2.45) is 0 Å². The van der Waals surface area contributed by atoms with E-state index in [-0.39, 0.29) is 24.3 Å². The van der Waals surface area contributed by atoms with Crippen LogP contribution in [0.5, 0.6) is 0 Å². The number of carbonyl (C=O) groups is 1. The zero-order valence-corrected chi connectivity index (χ0v) is 17.4. The molecule has 0 saturated heterocycles. The highest BCUT2D eigenvalue weighted by atomic mass is 35.5. The number of alkyl halides is 3. The zero-order chi connectivity index (χ0) is 21.9. The standard InChI is InChI=1S/C19H18ClF3N4O2S/c1-2-6-27(9-15-25-14-5-7-30-17(14)18(29)26-15)10-16(28)24-11-3-4-13(20)12(8-11)19(21,22)23/h3-5,7-8H,2,6,9-10H2,1H3,(H,24,28)(H,25,26,29).